The maximum absolute atomic E-state index is 13.3. The zero-order chi connectivity index (χ0) is 20.0. The van der Waals surface area contributed by atoms with E-state index in [1.54, 1.807) is 0 Å². The number of thiazole rings is 1. The lowest BCUT2D eigenvalue weighted by Crippen LogP contribution is -2.56. The van der Waals surface area contributed by atoms with Crippen molar-refractivity contribution in [2.75, 3.05) is 46.2 Å². The third kappa shape index (κ3) is 3.54. The van der Waals surface area contributed by atoms with E-state index in [2.05, 4.69) is 39.2 Å². The lowest BCUT2D eigenvalue weighted by Gasteiger charge is -2.46. The number of urea groups is 1. The Hall–Kier alpha value is -2.35. The van der Waals surface area contributed by atoms with Crippen molar-refractivity contribution in [1.82, 2.24) is 9.97 Å². The van der Waals surface area contributed by atoms with Gasteiger partial charge in [0, 0.05) is 31.6 Å². The molecule has 1 N–H and O–H groups in total. The van der Waals surface area contributed by atoms with E-state index in [1.165, 1.54) is 24.2 Å². The lowest BCUT2D eigenvalue weighted by atomic mass is 9.99. The van der Waals surface area contributed by atoms with Gasteiger partial charge in [-0.1, -0.05) is 6.92 Å². The number of aryl methyl sites for hydroxylation is 1. The number of piperidine rings is 2. The lowest BCUT2D eigenvalue weighted by molar-refractivity contribution is 0.252. The minimum Gasteiger partial charge on any atom is -0.366 e. The van der Waals surface area contributed by atoms with Gasteiger partial charge in [0.2, 0.25) is 0 Å². The van der Waals surface area contributed by atoms with Gasteiger partial charge >= 0.3 is 6.03 Å². The predicted molar refractivity (Wildman–Crippen MR) is 118 cm³/mol. The number of amides is 2. The van der Waals surface area contributed by atoms with Crippen LogP contribution >= 0.6 is 11.3 Å². The van der Waals surface area contributed by atoms with Gasteiger partial charge in [-0.05, 0) is 50.7 Å². The summed E-state index contributed by atoms with van der Waals surface area (Å²) in [4.78, 5) is 29.4. The molecular weight excluding hydrogens is 384 g/mol. The maximum Gasteiger partial charge on any atom is 0.329 e. The molecule has 29 heavy (non-hydrogen) atoms. The Morgan fingerprint density at radius 1 is 1.14 bits per heavy atom. The van der Waals surface area contributed by atoms with Gasteiger partial charge in [0.05, 0.1) is 17.4 Å². The van der Waals surface area contributed by atoms with E-state index in [0.717, 1.165) is 62.0 Å². The van der Waals surface area contributed by atoms with Crippen LogP contribution in [0.1, 0.15) is 38.3 Å². The third-order valence-electron chi connectivity index (χ3n) is 6.20. The molecule has 3 aliphatic rings. The van der Waals surface area contributed by atoms with Gasteiger partial charge < -0.3 is 9.80 Å². The summed E-state index contributed by atoms with van der Waals surface area (Å²) in [6, 6.07) is 4.32. The summed E-state index contributed by atoms with van der Waals surface area (Å²) < 4.78 is 0. The minimum absolute atomic E-state index is 0.121. The number of fused-ring (bicyclic) bond motifs is 4. The number of carbonyl (C=O) groups is 1. The molecule has 8 heteroatoms. The summed E-state index contributed by atoms with van der Waals surface area (Å²) in [6.07, 6.45) is 4.57. The Morgan fingerprint density at radius 3 is 2.76 bits per heavy atom. The summed E-state index contributed by atoms with van der Waals surface area (Å²) in [6.45, 7) is 8.22. The Morgan fingerprint density at radius 2 is 1.97 bits per heavy atom. The highest BCUT2D eigenvalue weighted by atomic mass is 32.1. The fourth-order valence-electron chi connectivity index (χ4n) is 4.81. The third-order valence-corrected chi connectivity index (χ3v) is 7.08. The number of aromatic nitrogens is 2. The van der Waals surface area contributed by atoms with Crippen molar-refractivity contribution >= 4 is 39.8 Å². The fraction of sp³-hybridized carbons (Fsp3) is 0.571. The highest BCUT2D eigenvalue weighted by Gasteiger charge is 2.38. The molecule has 2 amide bonds. The summed E-state index contributed by atoms with van der Waals surface area (Å²) in [5.41, 5.74) is 1.99. The van der Waals surface area contributed by atoms with E-state index >= 15 is 0 Å². The molecule has 0 aliphatic carbocycles. The number of hydrogen-bond acceptors (Lipinski definition) is 6. The number of rotatable bonds is 2. The SMILES string of the molecule is Cc1csc(NC(=O)N2c3nc(N4CCCC(C)C4)ccc3N3CCC[C@@H]2C3)n1. The molecule has 7 nitrogen and oxygen atoms in total. The van der Waals surface area contributed by atoms with Crippen LogP contribution in [0.15, 0.2) is 17.5 Å². The van der Waals surface area contributed by atoms with Crippen LogP contribution < -0.4 is 20.0 Å². The van der Waals surface area contributed by atoms with Crippen LogP contribution in [0.5, 0.6) is 0 Å². The van der Waals surface area contributed by atoms with E-state index in [4.69, 9.17) is 4.98 Å². The quantitative estimate of drug-likeness (QED) is 0.804. The van der Waals surface area contributed by atoms with Gasteiger partial charge in [0.25, 0.3) is 0 Å². The Kier molecular flexibility index (Phi) is 4.81. The second-order valence-corrected chi connectivity index (χ2v) is 9.40. The number of hydrogen-bond donors (Lipinski definition) is 1. The molecule has 5 heterocycles. The number of nitrogens with one attached hydrogen (secondary N) is 1. The molecule has 0 radical (unpaired) electrons. The Labute approximate surface area is 175 Å². The number of nitrogens with zero attached hydrogens (tertiary/aromatic N) is 5. The monoisotopic (exact) mass is 412 g/mol. The van der Waals surface area contributed by atoms with Crippen molar-refractivity contribution in [3.8, 4) is 0 Å². The van der Waals surface area contributed by atoms with Crippen LogP contribution in [-0.4, -0.2) is 48.2 Å². The molecule has 0 saturated carbocycles. The topological polar surface area (TPSA) is 64.6 Å². The number of pyridine rings is 1. The normalized spacial score (nSPS) is 23.7. The fourth-order valence-corrected chi connectivity index (χ4v) is 5.49. The van der Waals surface area contributed by atoms with Crippen LogP contribution in [-0.2, 0) is 0 Å². The molecule has 2 aromatic rings. The van der Waals surface area contributed by atoms with Crippen LogP contribution in [0.3, 0.4) is 0 Å². The van der Waals surface area contributed by atoms with Gasteiger partial charge in [-0.3, -0.25) is 10.2 Å². The average molecular weight is 413 g/mol. The van der Waals surface area contributed by atoms with E-state index in [1.807, 2.05) is 17.2 Å². The van der Waals surface area contributed by atoms with E-state index in [-0.39, 0.29) is 12.1 Å². The highest BCUT2D eigenvalue weighted by Crippen LogP contribution is 2.40. The molecule has 2 bridgehead atoms. The molecule has 0 aromatic carbocycles. The molecule has 3 aliphatic heterocycles. The number of carbonyl (C=O) groups excluding carboxylic acids is 1. The minimum atomic E-state index is -0.121. The summed E-state index contributed by atoms with van der Waals surface area (Å²) in [5.74, 6) is 2.46. The van der Waals surface area contributed by atoms with Gasteiger partial charge in [0.1, 0.15) is 5.82 Å². The van der Waals surface area contributed by atoms with Crippen LogP contribution in [0.25, 0.3) is 0 Å². The molecule has 0 spiro atoms. The zero-order valence-electron chi connectivity index (χ0n) is 17.1. The Bertz CT molecular complexity index is 914. The van der Waals surface area contributed by atoms with Crippen LogP contribution in [0.4, 0.5) is 27.2 Å². The average Bonchev–Trinajstić information content (AvgIpc) is 3.12. The highest BCUT2D eigenvalue weighted by molar-refractivity contribution is 7.13. The van der Waals surface area contributed by atoms with Crippen molar-refractivity contribution < 1.29 is 4.79 Å². The molecule has 5 rings (SSSR count). The molecular formula is C21H28N6OS. The summed E-state index contributed by atoms with van der Waals surface area (Å²) >= 11 is 1.46. The molecule has 2 saturated heterocycles. The standard InChI is InChI=1S/C21H28N6OS/c1-14-5-3-10-26(11-14)18-8-7-17-19(23-18)27(16-6-4-9-25(17)12-16)21(28)24-20-22-15(2)13-29-20/h7-8,13-14,16H,3-6,9-12H2,1-2H3,(H,22,24,28)/t14?,16-/m1/s1. The second-order valence-electron chi connectivity index (χ2n) is 8.54. The van der Waals surface area contributed by atoms with Gasteiger partial charge in [-0.2, -0.15) is 0 Å². The first kappa shape index (κ1) is 18.7. The second kappa shape index (κ2) is 7.48. The van der Waals surface area contributed by atoms with Gasteiger partial charge in [0.15, 0.2) is 10.9 Å². The zero-order valence-corrected chi connectivity index (χ0v) is 17.9. The molecule has 154 valence electrons. The van der Waals surface area contributed by atoms with Gasteiger partial charge in [-0.15, -0.1) is 11.3 Å². The molecule has 1 unspecified atom stereocenters. The number of anilines is 4. The first-order valence-corrected chi connectivity index (χ1v) is 11.5. The Balaban J connectivity index is 1.49. The van der Waals surface area contributed by atoms with Crippen molar-refractivity contribution in [2.45, 2.75) is 45.6 Å². The predicted octanol–water partition coefficient (Wildman–Crippen LogP) is 4.10. The first-order chi connectivity index (χ1) is 14.1. The van der Waals surface area contributed by atoms with E-state index < -0.39 is 0 Å². The molecule has 2 fully saturated rings. The van der Waals surface area contributed by atoms with Crippen molar-refractivity contribution in [3.63, 3.8) is 0 Å². The smallest absolute Gasteiger partial charge is 0.329 e. The molecule has 2 aromatic heterocycles. The summed E-state index contributed by atoms with van der Waals surface area (Å²) in [7, 11) is 0. The first-order valence-electron chi connectivity index (χ1n) is 10.6. The van der Waals surface area contributed by atoms with Crippen molar-refractivity contribution in [2.24, 2.45) is 5.92 Å². The molecule has 2 atom stereocenters. The summed E-state index contributed by atoms with van der Waals surface area (Å²) in [5, 5.41) is 5.61. The van der Waals surface area contributed by atoms with Crippen LogP contribution in [0, 0.1) is 12.8 Å². The van der Waals surface area contributed by atoms with E-state index in [9.17, 15) is 4.79 Å². The van der Waals surface area contributed by atoms with Crippen LogP contribution in [0.2, 0.25) is 0 Å². The van der Waals surface area contributed by atoms with Crippen molar-refractivity contribution in [1.29, 1.82) is 0 Å². The maximum atomic E-state index is 13.3. The van der Waals surface area contributed by atoms with Crippen molar-refractivity contribution in [3.05, 3.63) is 23.2 Å². The van der Waals surface area contributed by atoms with Gasteiger partial charge in [-0.25, -0.2) is 14.8 Å². The van der Waals surface area contributed by atoms with E-state index in [0.29, 0.717) is 11.0 Å². The largest absolute Gasteiger partial charge is 0.366 e.